The van der Waals surface area contributed by atoms with Gasteiger partial charge < -0.3 is 4.42 Å². The summed E-state index contributed by atoms with van der Waals surface area (Å²) in [4.78, 5) is 4.09. The third-order valence-electron chi connectivity index (χ3n) is 1.96. The molecule has 1 aromatic carbocycles. The van der Waals surface area contributed by atoms with Crippen molar-refractivity contribution in [3.05, 3.63) is 60.2 Å². The monoisotopic (exact) mass is 172 g/mol. The average molecular weight is 172 g/mol. The molecule has 0 unspecified atom stereocenters. The second kappa shape index (κ2) is 3.44. The molecular weight excluding hydrogens is 162 g/mol. The molecule has 0 fully saturated rings. The molecule has 2 nitrogen and oxygen atoms in total. The summed E-state index contributed by atoms with van der Waals surface area (Å²) in [6.07, 6.45) is 3.24. The van der Waals surface area contributed by atoms with Crippen molar-refractivity contribution in [3.8, 4) is 0 Å². The van der Waals surface area contributed by atoms with Gasteiger partial charge in [0.25, 0.3) is 0 Å². The third-order valence-corrected chi connectivity index (χ3v) is 1.96. The minimum atomic E-state index is 0.686. The molecule has 2 heteroatoms. The van der Waals surface area contributed by atoms with Crippen LogP contribution in [-0.4, -0.2) is 4.98 Å². The van der Waals surface area contributed by atoms with Crippen molar-refractivity contribution in [3.63, 3.8) is 0 Å². The number of hydrogen-bond donors (Lipinski definition) is 0. The number of hydrogen-bond acceptors (Lipinski definition) is 2. The van der Waals surface area contributed by atoms with Crippen LogP contribution in [0.3, 0.4) is 0 Å². The lowest BCUT2D eigenvalue weighted by Gasteiger charge is -2.05. The fourth-order valence-corrected chi connectivity index (χ4v) is 1.22. The molecular formula is C11H10NO. The molecule has 0 aliphatic carbocycles. The summed E-state index contributed by atoms with van der Waals surface area (Å²) in [5, 5.41) is 0. The van der Waals surface area contributed by atoms with E-state index in [-0.39, 0.29) is 0 Å². The Labute approximate surface area is 77.2 Å². The smallest absolute Gasteiger partial charge is 0.205 e. The Kier molecular flexibility index (Phi) is 2.13. The zero-order valence-electron chi connectivity index (χ0n) is 7.40. The predicted octanol–water partition coefficient (Wildman–Crippen LogP) is 2.67. The molecule has 0 spiro atoms. The summed E-state index contributed by atoms with van der Waals surface area (Å²) in [5.74, 6) is 1.75. The highest BCUT2D eigenvalue weighted by molar-refractivity contribution is 5.36. The van der Waals surface area contributed by atoms with Crippen molar-refractivity contribution in [1.82, 2.24) is 4.98 Å². The summed E-state index contributed by atoms with van der Waals surface area (Å²) < 4.78 is 5.20. The van der Waals surface area contributed by atoms with E-state index in [9.17, 15) is 0 Å². The van der Waals surface area contributed by atoms with Crippen LogP contribution in [0.4, 0.5) is 0 Å². The van der Waals surface area contributed by atoms with E-state index in [2.05, 4.69) is 4.98 Å². The summed E-state index contributed by atoms with van der Waals surface area (Å²) in [5.41, 5.74) is 1.14. The van der Waals surface area contributed by atoms with Crippen LogP contribution in [0.5, 0.6) is 0 Å². The van der Waals surface area contributed by atoms with Crippen LogP contribution in [0.15, 0.2) is 47.2 Å². The number of rotatable bonds is 2. The van der Waals surface area contributed by atoms with Gasteiger partial charge >= 0.3 is 0 Å². The summed E-state index contributed by atoms with van der Waals surface area (Å²) in [6, 6.07) is 10.1. The van der Waals surface area contributed by atoms with E-state index in [0.717, 1.165) is 11.5 Å². The average Bonchev–Trinajstić information content (AvgIpc) is 2.71. The topological polar surface area (TPSA) is 26.0 Å². The molecule has 0 saturated heterocycles. The molecule has 0 saturated carbocycles. The van der Waals surface area contributed by atoms with Crippen LogP contribution in [0, 0.1) is 5.92 Å². The van der Waals surface area contributed by atoms with Gasteiger partial charge in [-0.15, -0.1) is 0 Å². The van der Waals surface area contributed by atoms with Crippen molar-refractivity contribution in [2.75, 3.05) is 0 Å². The van der Waals surface area contributed by atoms with Gasteiger partial charge in [-0.3, -0.25) is 0 Å². The summed E-state index contributed by atoms with van der Waals surface area (Å²) in [6.45, 7) is 2.00. The van der Waals surface area contributed by atoms with Gasteiger partial charge in [0.15, 0.2) is 0 Å². The standard InChI is InChI=1S/C11H10NO/c1-9(11-12-7-8-13-11)10-5-3-2-4-6-10/h2-8H,1H3. The molecule has 1 radical (unpaired) electrons. The number of benzene rings is 1. The summed E-state index contributed by atoms with van der Waals surface area (Å²) in [7, 11) is 0. The minimum absolute atomic E-state index is 0.686. The van der Waals surface area contributed by atoms with E-state index >= 15 is 0 Å². The molecule has 0 aliphatic heterocycles. The Balaban J connectivity index is 2.29. The second-order valence-corrected chi connectivity index (χ2v) is 2.83. The van der Waals surface area contributed by atoms with Gasteiger partial charge in [0.1, 0.15) is 6.26 Å². The lowest BCUT2D eigenvalue weighted by atomic mass is 10.0. The lowest BCUT2D eigenvalue weighted by Crippen LogP contribution is -1.96. The first-order chi connectivity index (χ1) is 6.38. The van der Waals surface area contributed by atoms with Gasteiger partial charge in [-0.1, -0.05) is 30.3 Å². The SMILES string of the molecule is C[C](c1ccccc1)c1ncco1. The lowest BCUT2D eigenvalue weighted by molar-refractivity contribution is 0.517. The minimum Gasteiger partial charge on any atom is -0.448 e. The molecule has 0 atom stereocenters. The molecule has 0 amide bonds. The van der Waals surface area contributed by atoms with Gasteiger partial charge in [0.05, 0.1) is 12.1 Å². The molecule has 1 aromatic heterocycles. The maximum Gasteiger partial charge on any atom is 0.205 e. The maximum absolute atomic E-state index is 5.20. The van der Waals surface area contributed by atoms with Crippen molar-refractivity contribution in [2.24, 2.45) is 0 Å². The largest absolute Gasteiger partial charge is 0.448 e. The van der Waals surface area contributed by atoms with Gasteiger partial charge in [-0.2, -0.15) is 0 Å². The van der Waals surface area contributed by atoms with E-state index in [1.807, 2.05) is 37.3 Å². The molecule has 0 N–H and O–H groups in total. The molecule has 0 aliphatic rings. The molecule has 65 valence electrons. The third kappa shape index (κ3) is 1.61. The Morgan fingerprint density at radius 1 is 1.23 bits per heavy atom. The van der Waals surface area contributed by atoms with Crippen LogP contribution >= 0.6 is 0 Å². The van der Waals surface area contributed by atoms with Gasteiger partial charge in [0.2, 0.25) is 5.89 Å². The molecule has 0 bridgehead atoms. The molecule has 2 rings (SSSR count). The van der Waals surface area contributed by atoms with Crippen LogP contribution in [0.25, 0.3) is 0 Å². The van der Waals surface area contributed by atoms with Crippen molar-refractivity contribution < 1.29 is 4.42 Å². The molecule has 2 aromatic rings. The predicted molar refractivity (Wildman–Crippen MR) is 50.1 cm³/mol. The number of oxazole rings is 1. The summed E-state index contributed by atoms with van der Waals surface area (Å²) >= 11 is 0. The van der Waals surface area contributed by atoms with Crippen LogP contribution in [0.2, 0.25) is 0 Å². The maximum atomic E-state index is 5.20. The van der Waals surface area contributed by atoms with Crippen LogP contribution < -0.4 is 0 Å². The Morgan fingerprint density at radius 2 is 2.00 bits per heavy atom. The van der Waals surface area contributed by atoms with Crippen LogP contribution in [-0.2, 0) is 0 Å². The van der Waals surface area contributed by atoms with Gasteiger partial charge in [0, 0.05) is 0 Å². The number of aromatic nitrogens is 1. The van der Waals surface area contributed by atoms with E-state index in [4.69, 9.17) is 4.42 Å². The Hall–Kier alpha value is -1.57. The quantitative estimate of drug-likeness (QED) is 0.696. The van der Waals surface area contributed by atoms with Crippen molar-refractivity contribution in [1.29, 1.82) is 0 Å². The number of nitrogens with zero attached hydrogens (tertiary/aromatic N) is 1. The highest BCUT2D eigenvalue weighted by atomic mass is 16.3. The highest BCUT2D eigenvalue weighted by Crippen LogP contribution is 2.20. The van der Waals surface area contributed by atoms with Crippen molar-refractivity contribution >= 4 is 0 Å². The zero-order valence-corrected chi connectivity index (χ0v) is 7.40. The van der Waals surface area contributed by atoms with E-state index in [1.165, 1.54) is 0 Å². The second-order valence-electron chi connectivity index (χ2n) is 2.83. The van der Waals surface area contributed by atoms with E-state index in [0.29, 0.717) is 5.89 Å². The van der Waals surface area contributed by atoms with Gasteiger partial charge in [-0.25, -0.2) is 4.98 Å². The first-order valence-corrected chi connectivity index (χ1v) is 4.17. The molecule has 1 heterocycles. The first-order valence-electron chi connectivity index (χ1n) is 4.17. The van der Waals surface area contributed by atoms with Crippen LogP contribution in [0.1, 0.15) is 18.4 Å². The fourth-order valence-electron chi connectivity index (χ4n) is 1.22. The fraction of sp³-hybridized carbons (Fsp3) is 0.0909. The Bertz CT molecular complexity index is 353. The van der Waals surface area contributed by atoms with Crippen molar-refractivity contribution in [2.45, 2.75) is 6.92 Å². The normalized spacial score (nSPS) is 10.6. The Morgan fingerprint density at radius 3 is 2.62 bits per heavy atom. The first kappa shape index (κ1) is 8.05. The van der Waals surface area contributed by atoms with E-state index in [1.54, 1.807) is 12.5 Å². The highest BCUT2D eigenvalue weighted by Gasteiger charge is 2.12. The zero-order chi connectivity index (χ0) is 9.10. The van der Waals surface area contributed by atoms with E-state index < -0.39 is 0 Å². The molecule has 13 heavy (non-hydrogen) atoms. The van der Waals surface area contributed by atoms with Gasteiger partial charge in [-0.05, 0) is 12.5 Å².